The highest BCUT2D eigenvalue weighted by molar-refractivity contribution is 6.05. The zero-order valence-corrected chi connectivity index (χ0v) is 31.2. The first kappa shape index (κ1) is 35.0. The molecule has 54 heavy (non-hydrogen) atoms. The van der Waals surface area contributed by atoms with Gasteiger partial charge in [0.05, 0.1) is 28.2 Å². The Morgan fingerprint density at radius 2 is 0.907 bits per heavy atom. The van der Waals surface area contributed by atoms with Gasteiger partial charge >= 0.3 is 5.97 Å². The van der Waals surface area contributed by atoms with Crippen molar-refractivity contribution < 1.29 is 19.5 Å². The molecule has 0 radical (unpaired) electrons. The summed E-state index contributed by atoms with van der Waals surface area (Å²) in [7, 11) is 3.85. The lowest BCUT2D eigenvalue weighted by Crippen LogP contribution is -2.65. The molecule has 6 aromatic rings. The van der Waals surface area contributed by atoms with E-state index in [9.17, 15) is 9.90 Å². The van der Waals surface area contributed by atoms with E-state index in [2.05, 4.69) is 0 Å². The van der Waals surface area contributed by atoms with Gasteiger partial charge in [-0.15, -0.1) is 0 Å². The van der Waals surface area contributed by atoms with Gasteiger partial charge in [-0.1, -0.05) is 135 Å². The monoisotopic (exact) mass is 717 g/mol. The van der Waals surface area contributed by atoms with Gasteiger partial charge in [-0.2, -0.15) is 0 Å². The number of rotatable bonds is 8. The van der Waals surface area contributed by atoms with Crippen LogP contribution in [0.4, 0.5) is 0 Å². The Balaban J connectivity index is 1.44. The van der Waals surface area contributed by atoms with Crippen molar-refractivity contribution >= 4 is 17.8 Å². The zero-order chi connectivity index (χ0) is 38.0. The Bertz CT molecular complexity index is 2250. The van der Waals surface area contributed by atoms with Crippen molar-refractivity contribution in [3.63, 3.8) is 0 Å². The predicted molar refractivity (Wildman–Crippen MR) is 208 cm³/mol. The van der Waals surface area contributed by atoms with Crippen LogP contribution in [0.5, 0.6) is 0 Å². The van der Waals surface area contributed by atoms with Gasteiger partial charge in [0.1, 0.15) is 11.6 Å². The number of fused-ring (bicyclic) bond motifs is 2. The summed E-state index contributed by atoms with van der Waals surface area (Å²) < 4.78 is 3.97. The number of amides is 2. The third kappa shape index (κ3) is 5.49. The van der Waals surface area contributed by atoms with Crippen LogP contribution in [0.2, 0.25) is 0 Å². The van der Waals surface area contributed by atoms with Gasteiger partial charge in [0.15, 0.2) is 6.04 Å². The minimum Gasteiger partial charge on any atom is -0.481 e. The molecule has 2 aromatic heterocycles. The first-order chi connectivity index (χ1) is 25.9. The molecule has 1 N–H and O–H groups in total. The maximum absolute atomic E-state index is 15.2. The molecule has 2 aliphatic rings. The number of imidazole rings is 2. The molecule has 2 amide bonds. The van der Waals surface area contributed by atoms with Crippen LogP contribution in [0.25, 0.3) is 45.0 Å². The fraction of sp³-hybridized carbons (Fsp3) is 0.267. The summed E-state index contributed by atoms with van der Waals surface area (Å²) in [5.41, 5.74) is 3.19. The van der Waals surface area contributed by atoms with Crippen molar-refractivity contribution in [2.45, 2.75) is 46.1 Å². The number of carbonyl (C=O) groups excluding carboxylic acids is 2. The third-order valence-electron chi connectivity index (χ3n) is 11.5. The molecule has 4 aromatic carbocycles. The minimum absolute atomic E-state index is 0.108. The number of hydrogen-bond donors (Lipinski definition) is 1. The number of imide groups is 1. The SMILES string of the molecule is Cn1c(C(c2nc(-c3ccccc3)c(-c3ccccc3)n2C)N2C(=O)C3(C)CC(C)(C(=O)O)CC(C)(C3)C2=O)nc(-c2ccccc2)c1-c1ccccc1. The van der Waals surface area contributed by atoms with E-state index in [1.165, 1.54) is 4.90 Å². The Hall–Kier alpha value is -6.09. The van der Waals surface area contributed by atoms with Crippen LogP contribution in [0, 0.1) is 16.2 Å². The average molecular weight is 718 g/mol. The lowest BCUT2D eigenvalue weighted by Gasteiger charge is -2.56. The van der Waals surface area contributed by atoms with Crippen molar-refractivity contribution in [2.75, 3.05) is 0 Å². The highest BCUT2D eigenvalue weighted by Gasteiger charge is 2.65. The first-order valence-corrected chi connectivity index (χ1v) is 18.3. The number of nitrogens with zero attached hydrogens (tertiary/aromatic N) is 5. The van der Waals surface area contributed by atoms with Crippen LogP contribution in [0.1, 0.15) is 57.7 Å². The van der Waals surface area contributed by atoms with Crippen LogP contribution in [0.15, 0.2) is 121 Å². The molecule has 1 aliphatic carbocycles. The number of carboxylic acid groups (broad SMARTS) is 1. The second-order valence-electron chi connectivity index (χ2n) is 15.8. The number of aliphatic carboxylic acids is 1. The van der Waals surface area contributed by atoms with Crippen molar-refractivity contribution in [3.8, 4) is 45.0 Å². The van der Waals surface area contributed by atoms with Crippen LogP contribution in [-0.2, 0) is 28.5 Å². The van der Waals surface area contributed by atoms with Gasteiger partial charge < -0.3 is 14.2 Å². The largest absolute Gasteiger partial charge is 0.481 e. The fourth-order valence-electron chi connectivity index (χ4n) is 9.45. The summed E-state index contributed by atoms with van der Waals surface area (Å²) in [6.45, 7) is 5.29. The van der Waals surface area contributed by atoms with Crippen molar-refractivity contribution in [2.24, 2.45) is 30.3 Å². The van der Waals surface area contributed by atoms with Gasteiger partial charge in [0.25, 0.3) is 0 Å². The molecule has 272 valence electrons. The molecule has 0 spiro atoms. The summed E-state index contributed by atoms with van der Waals surface area (Å²) in [6, 6.07) is 38.7. The second kappa shape index (κ2) is 12.8. The quantitative estimate of drug-likeness (QED) is 0.158. The Morgan fingerprint density at radius 3 is 1.24 bits per heavy atom. The highest BCUT2D eigenvalue weighted by atomic mass is 16.4. The second-order valence-corrected chi connectivity index (χ2v) is 15.8. The smallest absolute Gasteiger partial charge is 0.309 e. The highest BCUT2D eigenvalue weighted by Crippen LogP contribution is 2.60. The molecule has 2 bridgehead atoms. The zero-order valence-electron chi connectivity index (χ0n) is 31.2. The van der Waals surface area contributed by atoms with Gasteiger partial charge in [-0.25, -0.2) is 9.97 Å². The third-order valence-corrected chi connectivity index (χ3v) is 11.5. The maximum Gasteiger partial charge on any atom is 0.309 e. The molecule has 2 unspecified atom stereocenters. The van der Waals surface area contributed by atoms with Crippen molar-refractivity contribution in [3.05, 3.63) is 133 Å². The molecule has 1 saturated carbocycles. The summed E-state index contributed by atoms with van der Waals surface area (Å²) in [5, 5.41) is 10.4. The normalized spacial score (nSPS) is 22.5. The van der Waals surface area contributed by atoms with Crippen LogP contribution >= 0.6 is 0 Å². The average Bonchev–Trinajstić information content (AvgIpc) is 3.70. The number of benzene rings is 4. The van der Waals surface area contributed by atoms with Crippen molar-refractivity contribution in [1.29, 1.82) is 0 Å². The molecule has 9 nitrogen and oxygen atoms in total. The fourth-order valence-corrected chi connectivity index (χ4v) is 9.45. The molecule has 2 fully saturated rings. The molecule has 1 saturated heterocycles. The molecule has 9 heteroatoms. The maximum atomic E-state index is 15.2. The topological polar surface area (TPSA) is 110 Å². The molecule has 1 aliphatic heterocycles. The predicted octanol–water partition coefficient (Wildman–Crippen LogP) is 8.57. The van der Waals surface area contributed by atoms with E-state index in [0.29, 0.717) is 23.0 Å². The van der Waals surface area contributed by atoms with Crippen LogP contribution in [-0.4, -0.2) is 46.9 Å². The first-order valence-electron chi connectivity index (χ1n) is 18.3. The van der Waals surface area contributed by atoms with Gasteiger partial charge in [-0.05, 0) is 26.2 Å². The molecular formula is C45H43N5O4. The standard InChI is InChI=1S/C45H43N5O4/c1-43-26-44(2,28-45(3,27-43)42(53)54)41(52)50(40(43)51)37(38-46-33(29-18-10-6-11-19-29)35(48(38)4)31-22-14-8-15-23-31)39-47-34(30-20-12-7-13-21-30)36(49(39)5)32-24-16-9-17-25-32/h6-25,37H,26-28H2,1-5H3,(H,53,54). The van der Waals surface area contributed by atoms with Crippen molar-refractivity contribution in [1.82, 2.24) is 24.0 Å². The molecule has 2 atom stereocenters. The minimum atomic E-state index is -1.25. The van der Waals surface area contributed by atoms with E-state index in [1.54, 1.807) is 6.92 Å². The van der Waals surface area contributed by atoms with Crippen LogP contribution in [0.3, 0.4) is 0 Å². The Kier molecular flexibility index (Phi) is 8.28. The number of hydrogen-bond acceptors (Lipinski definition) is 5. The number of aromatic nitrogens is 4. The molecule has 8 rings (SSSR count). The number of likely N-dealkylation sites (tertiary alicyclic amines) is 1. The Labute approximate surface area is 314 Å². The van der Waals surface area contributed by atoms with E-state index in [0.717, 1.165) is 33.6 Å². The lowest BCUT2D eigenvalue weighted by atomic mass is 9.51. The van der Waals surface area contributed by atoms with E-state index >= 15 is 9.59 Å². The van der Waals surface area contributed by atoms with E-state index in [-0.39, 0.29) is 19.3 Å². The van der Waals surface area contributed by atoms with Crippen LogP contribution < -0.4 is 0 Å². The summed E-state index contributed by atoms with van der Waals surface area (Å²) >= 11 is 0. The van der Waals surface area contributed by atoms with E-state index in [1.807, 2.05) is 158 Å². The summed E-state index contributed by atoms with van der Waals surface area (Å²) in [5.74, 6) is -0.903. The Morgan fingerprint density at radius 1 is 0.574 bits per heavy atom. The van der Waals surface area contributed by atoms with Gasteiger partial charge in [0, 0.05) is 47.2 Å². The van der Waals surface area contributed by atoms with E-state index < -0.39 is 40.1 Å². The van der Waals surface area contributed by atoms with E-state index in [4.69, 9.17) is 9.97 Å². The van der Waals surface area contributed by atoms with Gasteiger partial charge in [0.2, 0.25) is 11.8 Å². The molecular weight excluding hydrogens is 675 g/mol. The lowest BCUT2D eigenvalue weighted by molar-refractivity contribution is -0.186. The molecule has 3 heterocycles. The summed E-state index contributed by atoms with van der Waals surface area (Å²) in [4.78, 5) is 55.3. The summed E-state index contributed by atoms with van der Waals surface area (Å²) in [6.07, 6.45) is 0.479. The number of carboxylic acids is 1. The number of carbonyl (C=O) groups is 3. The van der Waals surface area contributed by atoms with Gasteiger partial charge in [-0.3, -0.25) is 19.3 Å². The number of piperidine rings is 1.